The molecular formula is C18H24N2O. The lowest BCUT2D eigenvalue weighted by Gasteiger charge is -2.18. The molecule has 1 heterocycles. The summed E-state index contributed by atoms with van der Waals surface area (Å²) in [5.41, 5.74) is 3.51. The first-order chi connectivity index (χ1) is 10.0. The lowest BCUT2D eigenvalue weighted by atomic mass is 9.87. The van der Waals surface area contributed by atoms with E-state index in [1.807, 2.05) is 0 Å². The standard InChI is InChI=1S/C18H24N2O/c1-18(2,3)15-8-6-14(7-9-15)17-20-16(12-21-17)11-19-10-13-4-5-13/h6-9,12-13,19H,4-5,10-11H2,1-3H3. The van der Waals surface area contributed by atoms with Gasteiger partial charge in [-0.3, -0.25) is 0 Å². The van der Waals surface area contributed by atoms with Gasteiger partial charge in [0, 0.05) is 12.1 Å². The highest BCUT2D eigenvalue weighted by Crippen LogP contribution is 2.28. The fourth-order valence-corrected chi connectivity index (χ4v) is 2.36. The smallest absolute Gasteiger partial charge is 0.226 e. The van der Waals surface area contributed by atoms with Crippen molar-refractivity contribution in [2.45, 2.75) is 45.6 Å². The number of hydrogen-bond acceptors (Lipinski definition) is 3. The van der Waals surface area contributed by atoms with Crippen molar-refractivity contribution in [3.8, 4) is 11.5 Å². The highest BCUT2D eigenvalue weighted by Gasteiger charge is 2.20. The van der Waals surface area contributed by atoms with E-state index in [2.05, 4.69) is 55.3 Å². The maximum atomic E-state index is 5.60. The second-order valence-electron chi connectivity index (χ2n) is 7.05. The molecule has 3 heteroatoms. The molecule has 2 aromatic rings. The minimum absolute atomic E-state index is 0.174. The minimum Gasteiger partial charge on any atom is -0.444 e. The molecule has 3 rings (SSSR count). The van der Waals surface area contributed by atoms with Gasteiger partial charge in [0.1, 0.15) is 6.26 Å². The predicted molar refractivity (Wildman–Crippen MR) is 85.1 cm³/mol. The number of nitrogens with zero attached hydrogens (tertiary/aromatic N) is 1. The summed E-state index contributed by atoms with van der Waals surface area (Å²) in [5, 5.41) is 3.43. The van der Waals surface area contributed by atoms with Crippen LogP contribution < -0.4 is 5.32 Å². The van der Waals surface area contributed by atoms with Crippen LogP contribution in [-0.2, 0) is 12.0 Å². The van der Waals surface area contributed by atoms with E-state index in [1.165, 1.54) is 18.4 Å². The minimum atomic E-state index is 0.174. The van der Waals surface area contributed by atoms with Gasteiger partial charge in [-0.2, -0.15) is 0 Å². The first-order valence-corrected chi connectivity index (χ1v) is 7.78. The molecule has 1 N–H and O–H groups in total. The number of oxazole rings is 1. The summed E-state index contributed by atoms with van der Waals surface area (Å²) in [7, 11) is 0. The summed E-state index contributed by atoms with van der Waals surface area (Å²) in [5.74, 6) is 1.60. The first kappa shape index (κ1) is 14.3. The van der Waals surface area contributed by atoms with Crippen LogP contribution in [0.2, 0.25) is 0 Å². The van der Waals surface area contributed by atoms with Crippen LogP contribution in [-0.4, -0.2) is 11.5 Å². The average molecular weight is 284 g/mol. The van der Waals surface area contributed by atoms with Crippen molar-refractivity contribution in [2.75, 3.05) is 6.54 Å². The van der Waals surface area contributed by atoms with E-state index in [-0.39, 0.29) is 5.41 Å². The Balaban J connectivity index is 1.64. The van der Waals surface area contributed by atoms with Crippen LogP contribution in [0.1, 0.15) is 44.9 Å². The van der Waals surface area contributed by atoms with Crippen LogP contribution in [0.4, 0.5) is 0 Å². The molecule has 1 fully saturated rings. The van der Waals surface area contributed by atoms with Crippen LogP contribution in [0.5, 0.6) is 0 Å². The molecule has 0 amide bonds. The third kappa shape index (κ3) is 3.73. The van der Waals surface area contributed by atoms with Crippen molar-refractivity contribution in [2.24, 2.45) is 5.92 Å². The van der Waals surface area contributed by atoms with Gasteiger partial charge >= 0.3 is 0 Å². The van der Waals surface area contributed by atoms with Crippen molar-refractivity contribution < 1.29 is 4.42 Å². The average Bonchev–Trinajstić information content (AvgIpc) is 3.14. The van der Waals surface area contributed by atoms with Crippen molar-refractivity contribution >= 4 is 0 Å². The van der Waals surface area contributed by atoms with Crippen LogP contribution >= 0.6 is 0 Å². The quantitative estimate of drug-likeness (QED) is 0.896. The highest BCUT2D eigenvalue weighted by atomic mass is 16.3. The Morgan fingerprint density at radius 1 is 1.19 bits per heavy atom. The first-order valence-electron chi connectivity index (χ1n) is 7.78. The molecule has 0 bridgehead atoms. The fourth-order valence-electron chi connectivity index (χ4n) is 2.36. The number of nitrogens with one attached hydrogen (secondary N) is 1. The van der Waals surface area contributed by atoms with E-state index in [9.17, 15) is 0 Å². The van der Waals surface area contributed by atoms with Gasteiger partial charge < -0.3 is 9.73 Å². The Kier molecular flexibility index (Phi) is 3.85. The summed E-state index contributed by atoms with van der Waals surface area (Å²) in [6.45, 7) is 8.55. The second kappa shape index (κ2) is 5.64. The van der Waals surface area contributed by atoms with E-state index >= 15 is 0 Å². The Bertz CT molecular complexity index is 588. The molecule has 1 aromatic carbocycles. The summed E-state index contributed by atoms with van der Waals surface area (Å²) in [4.78, 5) is 4.56. The van der Waals surface area contributed by atoms with Gasteiger partial charge in [0.2, 0.25) is 5.89 Å². The zero-order valence-electron chi connectivity index (χ0n) is 13.1. The molecule has 0 radical (unpaired) electrons. The zero-order chi connectivity index (χ0) is 14.9. The third-order valence-corrected chi connectivity index (χ3v) is 3.99. The van der Waals surface area contributed by atoms with Crippen molar-refractivity contribution in [3.63, 3.8) is 0 Å². The summed E-state index contributed by atoms with van der Waals surface area (Å²) in [6.07, 6.45) is 4.50. The van der Waals surface area contributed by atoms with Gasteiger partial charge in [-0.1, -0.05) is 32.9 Å². The largest absolute Gasteiger partial charge is 0.444 e. The van der Waals surface area contributed by atoms with Crippen LogP contribution in [0, 0.1) is 5.92 Å². The molecular weight excluding hydrogens is 260 g/mol. The van der Waals surface area contributed by atoms with Gasteiger partial charge in [-0.15, -0.1) is 0 Å². The molecule has 1 aromatic heterocycles. The number of rotatable bonds is 5. The SMILES string of the molecule is CC(C)(C)c1ccc(-c2nc(CNCC3CC3)co2)cc1. The van der Waals surface area contributed by atoms with Crippen LogP contribution in [0.15, 0.2) is 34.9 Å². The zero-order valence-corrected chi connectivity index (χ0v) is 13.1. The van der Waals surface area contributed by atoms with E-state index < -0.39 is 0 Å². The number of benzene rings is 1. The lowest BCUT2D eigenvalue weighted by Crippen LogP contribution is -2.16. The number of aromatic nitrogens is 1. The van der Waals surface area contributed by atoms with Crippen molar-refractivity contribution in [1.82, 2.24) is 10.3 Å². The van der Waals surface area contributed by atoms with E-state index in [1.54, 1.807) is 6.26 Å². The molecule has 0 atom stereocenters. The van der Waals surface area contributed by atoms with Gasteiger partial charge in [0.25, 0.3) is 0 Å². The van der Waals surface area contributed by atoms with Gasteiger partial charge in [0.15, 0.2) is 0 Å². The number of hydrogen-bond donors (Lipinski definition) is 1. The summed E-state index contributed by atoms with van der Waals surface area (Å²) in [6, 6.07) is 8.50. The van der Waals surface area contributed by atoms with Gasteiger partial charge in [-0.05, 0) is 48.4 Å². The van der Waals surface area contributed by atoms with Crippen LogP contribution in [0.25, 0.3) is 11.5 Å². The highest BCUT2D eigenvalue weighted by molar-refractivity contribution is 5.54. The molecule has 1 aliphatic rings. The molecule has 0 unspecified atom stereocenters. The third-order valence-electron chi connectivity index (χ3n) is 3.99. The van der Waals surface area contributed by atoms with E-state index in [0.717, 1.165) is 30.3 Å². The molecule has 1 saturated carbocycles. The summed E-state index contributed by atoms with van der Waals surface area (Å²) >= 11 is 0. The molecule has 0 saturated heterocycles. The topological polar surface area (TPSA) is 38.1 Å². The Morgan fingerprint density at radius 3 is 2.52 bits per heavy atom. The maximum Gasteiger partial charge on any atom is 0.226 e. The monoisotopic (exact) mass is 284 g/mol. The van der Waals surface area contributed by atoms with E-state index in [0.29, 0.717) is 5.89 Å². The van der Waals surface area contributed by atoms with Crippen molar-refractivity contribution in [3.05, 3.63) is 41.8 Å². The Morgan fingerprint density at radius 2 is 1.90 bits per heavy atom. The van der Waals surface area contributed by atoms with Gasteiger partial charge in [-0.25, -0.2) is 4.98 Å². The normalized spacial score (nSPS) is 15.4. The maximum absolute atomic E-state index is 5.60. The molecule has 3 nitrogen and oxygen atoms in total. The fraction of sp³-hybridized carbons (Fsp3) is 0.500. The van der Waals surface area contributed by atoms with E-state index in [4.69, 9.17) is 4.42 Å². The summed E-state index contributed by atoms with van der Waals surface area (Å²) < 4.78 is 5.60. The second-order valence-corrected chi connectivity index (χ2v) is 7.05. The molecule has 0 aliphatic heterocycles. The Labute approximate surface area is 126 Å². The Hall–Kier alpha value is -1.61. The predicted octanol–water partition coefficient (Wildman–Crippen LogP) is 4.14. The molecule has 1 aliphatic carbocycles. The molecule has 0 spiro atoms. The van der Waals surface area contributed by atoms with Gasteiger partial charge in [0.05, 0.1) is 5.69 Å². The van der Waals surface area contributed by atoms with Crippen LogP contribution in [0.3, 0.4) is 0 Å². The lowest BCUT2D eigenvalue weighted by molar-refractivity contribution is 0.567. The van der Waals surface area contributed by atoms with Crippen molar-refractivity contribution in [1.29, 1.82) is 0 Å². The molecule has 21 heavy (non-hydrogen) atoms. The molecule has 112 valence electrons.